The highest BCUT2D eigenvalue weighted by molar-refractivity contribution is 9.11. The second kappa shape index (κ2) is 6.15. The summed E-state index contributed by atoms with van der Waals surface area (Å²) in [5.41, 5.74) is 1.01. The van der Waals surface area contributed by atoms with Crippen LogP contribution < -0.4 is 5.32 Å². The van der Waals surface area contributed by atoms with Crippen LogP contribution in [-0.4, -0.2) is 5.91 Å². The van der Waals surface area contributed by atoms with Crippen LogP contribution in [0.4, 0.5) is 10.1 Å². The summed E-state index contributed by atoms with van der Waals surface area (Å²) in [7, 11) is 0. The van der Waals surface area contributed by atoms with Crippen molar-refractivity contribution in [1.82, 2.24) is 0 Å². The highest BCUT2D eigenvalue weighted by atomic mass is 79.9. The van der Waals surface area contributed by atoms with Gasteiger partial charge in [0, 0.05) is 19.0 Å². The van der Waals surface area contributed by atoms with E-state index in [0.29, 0.717) is 11.3 Å². The van der Waals surface area contributed by atoms with Crippen molar-refractivity contribution in [3.05, 3.63) is 61.2 Å². The zero-order chi connectivity index (χ0) is 14.0. The minimum atomic E-state index is -0.373. The number of rotatable bonds is 2. The van der Waals surface area contributed by atoms with E-state index in [4.69, 9.17) is 0 Å². The van der Waals surface area contributed by atoms with E-state index < -0.39 is 0 Å². The molecule has 0 saturated carbocycles. The molecule has 0 spiro atoms. The quantitative estimate of drug-likeness (QED) is 0.653. The summed E-state index contributed by atoms with van der Waals surface area (Å²) in [5.74, 6) is -0.675. The highest BCUT2D eigenvalue weighted by Gasteiger charge is 2.12. The normalized spacial score (nSPS) is 10.3. The lowest BCUT2D eigenvalue weighted by Gasteiger charge is -2.10. The first-order valence-electron chi connectivity index (χ1n) is 5.19. The molecule has 1 amide bonds. The van der Waals surface area contributed by atoms with Gasteiger partial charge in [0.1, 0.15) is 5.82 Å². The summed E-state index contributed by atoms with van der Waals surface area (Å²) in [6.07, 6.45) is 0. The third-order valence-electron chi connectivity index (χ3n) is 2.35. The molecule has 0 radical (unpaired) electrons. The Morgan fingerprint density at radius 1 is 1.00 bits per heavy atom. The van der Waals surface area contributed by atoms with Gasteiger partial charge in [-0.25, -0.2) is 4.39 Å². The van der Waals surface area contributed by atoms with Crippen molar-refractivity contribution in [2.45, 2.75) is 0 Å². The molecule has 0 fully saturated rings. The van der Waals surface area contributed by atoms with Crippen molar-refractivity contribution in [3.63, 3.8) is 0 Å². The summed E-state index contributed by atoms with van der Waals surface area (Å²) in [5, 5.41) is 2.77. The summed E-state index contributed by atoms with van der Waals surface area (Å²) in [6.45, 7) is 0. The fourth-order valence-electron chi connectivity index (χ4n) is 1.45. The smallest absolute Gasteiger partial charge is 0.255 e. The molecule has 2 nitrogen and oxygen atoms in total. The van der Waals surface area contributed by atoms with Gasteiger partial charge in [0.2, 0.25) is 0 Å². The molecule has 0 aliphatic heterocycles. The Hall–Kier alpha value is -0.720. The zero-order valence-electron chi connectivity index (χ0n) is 9.38. The Balaban J connectivity index is 2.26. The van der Waals surface area contributed by atoms with Crippen LogP contribution in [0.3, 0.4) is 0 Å². The number of anilines is 1. The average molecular weight is 452 g/mol. The lowest BCUT2D eigenvalue weighted by molar-refractivity contribution is 0.102. The van der Waals surface area contributed by atoms with Crippen LogP contribution in [0.2, 0.25) is 0 Å². The molecule has 0 aliphatic carbocycles. The summed E-state index contributed by atoms with van der Waals surface area (Å²) in [4.78, 5) is 12.0. The Labute approximate surface area is 134 Å². The number of carbonyl (C=O) groups excluding carboxylic acids is 1. The van der Waals surface area contributed by atoms with E-state index in [1.807, 2.05) is 12.1 Å². The molecule has 0 heterocycles. The van der Waals surface area contributed by atoms with E-state index >= 15 is 0 Å². The van der Waals surface area contributed by atoms with Crippen LogP contribution in [0.15, 0.2) is 49.8 Å². The third-order valence-corrected chi connectivity index (χ3v) is 4.06. The third kappa shape index (κ3) is 3.64. The molecule has 0 atom stereocenters. The number of benzene rings is 2. The van der Waals surface area contributed by atoms with Crippen LogP contribution in [-0.2, 0) is 0 Å². The van der Waals surface area contributed by atoms with Crippen molar-refractivity contribution in [2.75, 3.05) is 5.32 Å². The number of hydrogen-bond donors (Lipinski definition) is 1. The van der Waals surface area contributed by atoms with Crippen molar-refractivity contribution < 1.29 is 9.18 Å². The second-order valence-corrected chi connectivity index (χ2v) is 6.33. The molecule has 0 saturated heterocycles. The fraction of sp³-hybridized carbons (Fsp3) is 0. The van der Waals surface area contributed by atoms with Gasteiger partial charge in [0.05, 0.1) is 5.69 Å². The van der Waals surface area contributed by atoms with Crippen LogP contribution in [0.1, 0.15) is 10.4 Å². The summed E-state index contributed by atoms with van der Waals surface area (Å²) >= 11 is 10.1. The molecule has 2 aromatic rings. The van der Waals surface area contributed by atoms with Crippen LogP contribution in [0.5, 0.6) is 0 Å². The summed E-state index contributed by atoms with van der Waals surface area (Å²) in [6, 6.07) is 9.02. The Morgan fingerprint density at radius 3 is 2.05 bits per heavy atom. The molecule has 2 aromatic carbocycles. The van der Waals surface area contributed by atoms with Gasteiger partial charge in [0.25, 0.3) is 5.91 Å². The topological polar surface area (TPSA) is 29.1 Å². The predicted octanol–water partition coefficient (Wildman–Crippen LogP) is 5.37. The predicted molar refractivity (Wildman–Crippen MR) is 83.9 cm³/mol. The lowest BCUT2D eigenvalue weighted by Crippen LogP contribution is -2.12. The van der Waals surface area contributed by atoms with Crippen LogP contribution in [0.25, 0.3) is 0 Å². The van der Waals surface area contributed by atoms with Gasteiger partial charge in [-0.05, 0) is 68.3 Å². The minimum absolute atomic E-state index is 0.302. The number of amides is 1. The molecule has 0 unspecified atom stereocenters. The van der Waals surface area contributed by atoms with Gasteiger partial charge in [0.15, 0.2) is 0 Å². The maximum Gasteiger partial charge on any atom is 0.255 e. The minimum Gasteiger partial charge on any atom is -0.320 e. The van der Waals surface area contributed by atoms with Gasteiger partial charge < -0.3 is 5.32 Å². The maximum atomic E-state index is 12.8. The standard InChI is InChI=1S/C13H7Br3FNO/c14-8-5-10(15)12(11(16)6-8)18-13(19)7-1-3-9(17)4-2-7/h1-6H,(H,18,19). The first kappa shape index (κ1) is 14.7. The molecule has 2 rings (SSSR count). The lowest BCUT2D eigenvalue weighted by atomic mass is 10.2. The molecule has 0 bridgehead atoms. The Kier molecular flexibility index (Phi) is 4.76. The van der Waals surface area contributed by atoms with E-state index in [-0.39, 0.29) is 11.7 Å². The van der Waals surface area contributed by atoms with Gasteiger partial charge >= 0.3 is 0 Å². The van der Waals surface area contributed by atoms with Crippen molar-refractivity contribution in [2.24, 2.45) is 0 Å². The molecule has 19 heavy (non-hydrogen) atoms. The maximum absolute atomic E-state index is 12.8. The average Bonchev–Trinajstić information content (AvgIpc) is 2.34. The van der Waals surface area contributed by atoms with E-state index in [1.165, 1.54) is 24.3 Å². The van der Waals surface area contributed by atoms with Crippen molar-refractivity contribution in [3.8, 4) is 0 Å². The van der Waals surface area contributed by atoms with E-state index in [1.54, 1.807) is 0 Å². The first-order chi connectivity index (χ1) is 8.97. The fourth-order valence-corrected chi connectivity index (χ4v) is 3.91. The monoisotopic (exact) mass is 449 g/mol. The zero-order valence-corrected chi connectivity index (χ0v) is 14.1. The van der Waals surface area contributed by atoms with Gasteiger partial charge in [-0.2, -0.15) is 0 Å². The molecule has 0 aliphatic rings. The van der Waals surface area contributed by atoms with Gasteiger partial charge in [-0.15, -0.1) is 0 Å². The van der Waals surface area contributed by atoms with E-state index in [9.17, 15) is 9.18 Å². The van der Waals surface area contributed by atoms with Crippen molar-refractivity contribution >= 4 is 59.4 Å². The summed E-state index contributed by atoms with van der Waals surface area (Å²) < 4.78 is 15.2. The Morgan fingerprint density at radius 2 is 1.53 bits per heavy atom. The van der Waals surface area contributed by atoms with Crippen LogP contribution >= 0.6 is 47.8 Å². The number of hydrogen-bond acceptors (Lipinski definition) is 1. The number of carbonyl (C=O) groups is 1. The van der Waals surface area contributed by atoms with E-state index in [0.717, 1.165) is 13.4 Å². The molecule has 0 aromatic heterocycles. The molecular formula is C13H7Br3FNO. The number of nitrogens with one attached hydrogen (secondary N) is 1. The molecular weight excluding hydrogens is 445 g/mol. The molecule has 98 valence electrons. The first-order valence-corrected chi connectivity index (χ1v) is 7.57. The second-order valence-electron chi connectivity index (χ2n) is 3.71. The van der Waals surface area contributed by atoms with Crippen molar-refractivity contribution in [1.29, 1.82) is 0 Å². The van der Waals surface area contributed by atoms with Gasteiger partial charge in [-0.3, -0.25) is 4.79 Å². The van der Waals surface area contributed by atoms with E-state index in [2.05, 4.69) is 53.1 Å². The van der Waals surface area contributed by atoms with Crippen LogP contribution in [0, 0.1) is 5.82 Å². The Bertz CT molecular complexity index is 605. The van der Waals surface area contributed by atoms with Gasteiger partial charge in [-0.1, -0.05) is 15.9 Å². The molecule has 6 heteroatoms. The molecule has 1 N–H and O–H groups in total. The highest BCUT2D eigenvalue weighted by Crippen LogP contribution is 2.34. The SMILES string of the molecule is O=C(Nc1c(Br)cc(Br)cc1Br)c1ccc(F)cc1. The number of halogens is 4. The largest absolute Gasteiger partial charge is 0.320 e.